The molecule has 1 aromatic carbocycles. The smallest absolute Gasteiger partial charge is 0.180 e. The van der Waals surface area contributed by atoms with Crippen LogP contribution in [-0.2, 0) is 6.42 Å². The topological polar surface area (TPSA) is 38.9 Å². The van der Waals surface area contributed by atoms with Gasteiger partial charge in [0.2, 0.25) is 0 Å². The highest BCUT2D eigenvalue weighted by Gasteiger charge is 2.06. The Morgan fingerprint density at radius 2 is 2.13 bits per heavy atom. The Kier molecular flexibility index (Phi) is 2.64. The monoisotopic (exact) mass is 226 g/mol. The van der Waals surface area contributed by atoms with Crippen LogP contribution in [0.15, 0.2) is 23.6 Å². The van der Waals surface area contributed by atoms with Crippen molar-refractivity contribution >= 4 is 16.5 Å². The molecule has 15 heavy (non-hydrogen) atoms. The van der Waals surface area contributed by atoms with Gasteiger partial charge in [0.15, 0.2) is 5.13 Å². The molecule has 0 aliphatic heterocycles. The Labute approximate surface area is 89.4 Å². The van der Waals surface area contributed by atoms with Crippen LogP contribution in [0, 0.1) is 11.6 Å². The number of benzene rings is 1. The van der Waals surface area contributed by atoms with E-state index in [1.54, 1.807) is 5.38 Å². The number of anilines is 1. The minimum Gasteiger partial charge on any atom is -0.375 e. The molecule has 0 saturated heterocycles. The molecule has 0 atom stereocenters. The molecule has 2 nitrogen and oxygen atoms in total. The number of nitrogens with zero attached hydrogens (tertiary/aromatic N) is 1. The maximum atomic E-state index is 13.2. The second-order valence-electron chi connectivity index (χ2n) is 3.09. The number of hydrogen-bond donors (Lipinski definition) is 1. The first-order chi connectivity index (χ1) is 7.15. The summed E-state index contributed by atoms with van der Waals surface area (Å²) in [5.74, 6) is -1.13. The summed E-state index contributed by atoms with van der Waals surface area (Å²) in [6.07, 6.45) is 0.333. The number of hydrogen-bond acceptors (Lipinski definition) is 3. The van der Waals surface area contributed by atoms with Crippen LogP contribution in [0.2, 0.25) is 0 Å². The standard InChI is InChI=1S/C10H8F2N2S/c11-7-2-1-6(9(12)4-7)3-8-5-15-10(13)14-8/h1-2,4-5H,3H2,(H2,13,14). The fourth-order valence-corrected chi connectivity index (χ4v) is 1.83. The van der Waals surface area contributed by atoms with Gasteiger partial charge in [0.1, 0.15) is 11.6 Å². The van der Waals surface area contributed by atoms with Crippen molar-refractivity contribution in [2.45, 2.75) is 6.42 Å². The van der Waals surface area contributed by atoms with Crippen LogP contribution >= 0.6 is 11.3 Å². The molecule has 2 aromatic rings. The summed E-state index contributed by atoms with van der Waals surface area (Å²) in [5.41, 5.74) is 6.56. The summed E-state index contributed by atoms with van der Waals surface area (Å²) in [6, 6.07) is 3.51. The predicted octanol–water partition coefficient (Wildman–Crippen LogP) is 2.59. The second-order valence-corrected chi connectivity index (χ2v) is 3.98. The van der Waals surface area contributed by atoms with Gasteiger partial charge in [-0.3, -0.25) is 0 Å². The van der Waals surface area contributed by atoms with Crippen LogP contribution < -0.4 is 5.73 Å². The number of thiazole rings is 1. The molecule has 78 valence electrons. The molecule has 0 bridgehead atoms. The average molecular weight is 226 g/mol. The molecule has 0 unspecified atom stereocenters. The Morgan fingerprint density at radius 1 is 1.33 bits per heavy atom. The summed E-state index contributed by atoms with van der Waals surface area (Å²) >= 11 is 1.30. The van der Waals surface area contributed by atoms with E-state index in [4.69, 9.17) is 5.73 Å². The summed E-state index contributed by atoms with van der Waals surface area (Å²) in [7, 11) is 0. The zero-order valence-electron chi connectivity index (χ0n) is 7.71. The third-order valence-corrected chi connectivity index (χ3v) is 2.68. The lowest BCUT2D eigenvalue weighted by atomic mass is 10.1. The van der Waals surface area contributed by atoms with Gasteiger partial charge in [0.05, 0.1) is 5.69 Å². The Bertz CT molecular complexity index is 482. The molecule has 0 aliphatic rings. The van der Waals surface area contributed by atoms with Crippen LogP contribution in [0.4, 0.5) is 13.9 Å². The van der Waals surface area contributed by atoms with E-state index in [1.165, 1.54) is 23.5 Å². The SMILES string of the molecule is Nc1nc(Cc2ccc(F)cc2F)cs1. The zero-order chi connectivity index (χ0) is 10.8. The van der Waals surface area contributed by atoms with Gasteiger partial charge < -0.3 is 5.73 Å². The van der Waals surface area contributed by atoms with Crippen molar-refractivity contribution in [2.24, 2.45) is 0 Å². The van der Waals surface area contributed by atoms with Crippen LogP contribution in [0.3, 0.4) is 0 Å². The van der Waals surface area contributed by atoms with Crippen molar-refractivity contribution in [1.82, 2.24) is 4.98 Å². The minimum atomic E-state index is -0.575. The number of halogens is 2. The Hall–Kier alpha value is -1.49. The lowest BCUT2D eigenvalue weighted by Crippen LogP contribution is -1.94. The van der Waals surface area contributed by atoms with Crippen molar-refractivity contribution in [1.29, 1.82) is 0 Å². The van der Waals surface area contributed by atoms with E-state index in [-0.39, 0.29) is 0 Å². The predicted molar refractivity (Wildman–Crippen MR) is 55.7 cm³/mol. The zero-order valence-corrected chi connectivity index (χ0v) is 8.52. The normalized spacial score (nSPS) is 10.5. The highest BCUT2D eigenvalue weighted by molar-refractivity contribution is 7.13. The van der Waals surface area contributed by atoms with E-state index in [0.717, 1.165) is 6.07 Å². The average Bonchev–Trinajstić information content (AvgIpc) is 2.56. The maximum Gasteiger partial charge on any atom is 0.180 e. The van der Waals surface area contributed by atoms with Crippen LogP contribution in [0.25, 0.3) is 0 Å². The third kappa shape index (κ3) is 2.30. The first-order valence-electron chi connectivity index (χ1n) is 4.29. The molecule has 0 fully saturated rings. The molecular formula is C10H8F2N2S. The van der Waals surface area contributed by atoms with Gasteiger partial charge in [-0.1, -0.05) is 6.07 Å². The molecule has 1 aromatic heterocycles. The van der Waals surface area contributed by atoms with Gasteiger partial charge in [0, 0.05) is 17.9 Å². The highest BCUT2D eigenvalue weighted by atomic mass is 32.1. The van der Waals surface area contributed by atoms with Gasteiger partial charge in [-0.15, -0.1) is 11.3 Å². The second kappa shape index (κ2) is 3.94. The van der Waals surface area contributed by atoms with E-state index in [2.05, 4.69) is 4.98 Å². The number of rotatable bonds is 2. The molecule has 0 amide bonds. The third-order valence-electron chi connectivity index (χ3n) is 1.96. The van der Waals surface area contributed by atoms with E-state index in [1.807, 2.05) is 0 Å². The first-order valence-corrected chi connectivity index (χ1v) is 5.17. The van der Waals surface area contributed by atoms with Crippen molar-refractivity contribution < 1.29 is 8.78 Å². The van der Waals surface area contributed by atoms with E-state index in [0.29, 0.717) is 22.8 Å². The largest absolute Gasteiger partial charge is 0.375 e. The van der Waals surface area contributed by atoms with E-state index in [9.17, 15) is 8.78 Å². The first kappa shape index (κ1) is 10.0. The molecular weight excluding hydrogens is 218 g/mol. The molecule has 2 N–H and O–H groups in total. The molecule has 0 spiro atoms. The summed E-state index contributed by atoms with van der Waals surface area (Å²) < 4.78 is 25.9. The van der Waals surface area contributed by atoms with Gasteiger partial charge in [-0.25, -0.2) is 13.8 Å². The lowest BCUT2D eigenvalue weighted by molar-refractivity contribution is 0.574. The quantitative estimate of drug-likeness (QED) is 0.854. The molecule has 5 heteroatoms. The summed E-state index contributed by atoms with van der Waals surface area (Å²) in [5, 5.41) is 2.21. The number of nitrogens with two attached hydrogens (primary N) is 1. The molecule has 0 aliphatic carbocycles. The lowest BCUT2D eigenvalue weighted by Gasteiger charge is -2.00. The van der Waals surface area contributed by atoms with Crippen molar-refractivity contribution in [3.63, 3.8) is 0 Å². The van der Waals surface area contributed by atoms with Crippen LogP contribution in [-0.4, -0.2) is 4.98 Å². The van der Waals surface area contributed by atoms with E-state index >= 15 is 0 Å². The molecule has 2 rings (SSSR count). The molecule has 0 radical (unpaired) electrons. The van der Waals surface area contributed by atoms with Gasteiger partial charge in [-0.05, 0) is 11.6 Å². The Balaban J connectivity index is 2.24. The molecule has 1 heterocycles. The van der Waals surface area contributed by atoms with Crippen molar-refractivity contribution in [2.75, 3.05) is 5.73 Å². The van der Waals surface area contributed by atoms with Crippen molar-refractivity contribution in [3.05, 3.63) is 46.5 Å². The summed E-state index contributed by atoms with van der Waals surface area (Å²) in [6.45, 7) is 0. The molecule has 0 saturated carbocycles. The van der Waals surface area contributed by atoms with E-state index < -0.39 is 11.6 Å². The highest BCUT2D eigenvalue weighted by Crippen LogP contribution is 2.17. The Morgan fingerprint density at radius 3 is 2.73 bits per heavy atom. The van der Waals surface area contributed by atoms with Gasteiger partial charge in [-0.2, -0.15) is 0 Å². The van der Waals surface area contributed by atoms with Crippen LogP contribution in [0.1, 0.15) is 11.3 Å². The van der Waals surface area contributed by atoms with Gasteiger partial charge in [0.25, 0.3) is 0 Å². The van der Waals surface area contributed by atoms with Crippen LogP contribution in [0.5, 0.6) is 0 Å². The fourth-order valence-electron chi connectivity index (χ4n) is 1.26. The fraction of sp³-hybridized carbons (Fsp3) is 0.100. The van der Waals surface area contributed by atoms with Crippen molar-refractivity contribution in [3.8, 4) is 0 Å². The number of aromatic nitrogens is 1. The number of nitrogen functional groups attached to an aromatic ring is 1. The minimum absolute atomic E-state index is 0.333. The maximum absolute atomic E-state index is 13.2. The summed E-state index contributed by atoms with van der Waals surface area (Å²) in [4.78, 5) is 4.01. The van der Waals surface area contributed by atoms with Gasteiger partial charge >= 0.3 is 0 Å².